The van der Waals surface area contributed by atoms with Gasteiger partial charge in [-0.05, 0) is 43.9 Å². The first-order chi connectivity index (χ1) is 10.2. The maximum absolute atomic E-state index is 5.44. The van der Waals surface area contributed by atoms with Crippen LogP contribution < -0.4 is 10.1 Å². The molecule has 3 heteroatoms. The van der Waals surface area contributed by atoms with Gasteiger partial charge in [-0.2, -0.15) is 0 Å². The molecule has 0 saturated carbocycles. The van der Waals surface area contributed by atoms with E-state index in [9.17, 15) is 0 Å². The van der Waals surface area contributed by atoms with Crippen molar-refractivity contribution in [1.29, 1.82) is 0 Å². The molecule has 2 atom stereocenters. The van der Waals surface area contributed by atoms with Crippen LogP contribution >= 0.6 is 11.8 Å². The molecule has 0 bridgehead atoms. The fourth-order valence-corrected chi connectivity index (χ4v) is 2.89. The predicted octanol–water partition coefficient (Wildman–Crippen LogP) is 4.83. The van der Waals surface area contributed by atoms with E-state index >= 15 is 0 Å². The molecular formula is C18H23NOS. The topological polar surface area (TPSA) is 21.3 Å². The quantitative estimate of drug-likeness (QED) is 0.772. The van der Waals surface area contributed by atoms with Crippen molar-refractivity contribution in [3.63, 3.8) is 0 Å². The Balaban J connectivity index is 2.08. The van der Waals surface area contributed by atoms with Crippen molar-refractivity contribution in [1.82, 2.24) is 5.32 Å². The molecule has 0 aliphatic heterocycles. The van der Waals surface area contributed by atoms with Crippen LogP contribution in [0.2, 0.25) is 0 Å². The Labute approximate surface area is 131 Å². The first kappa shape index (κ1) is 15.9. The molecule has 112 valence electrons. The zero-order chi connectivity index (χ0) is 15.2. The predicted molar refractivity (Wildman–Crippen MR) is 91.2 cm³/mol. The molecule has 0 heterocycles. The lowest BCUT2D eigenvalue weighted by atomic mass is 10.0. The van der Waals surface area contributed by atoms with Gasteiger partial charge in [-0.15, -0.1) is 11.8 Å². The molecule has 0 radical (unpaired) electrons. The van der Waals surface area contributed by atoms with Gasteiger partial charge in [-0.25, -0.2) is 0 Å². The number of methoxy groups -OCH3 is 1. The summed E-state index contributed by atoms with van der Waals surface area (Å²) in [6.07, 6.45) is 2.10. The minimum atomic E-state index is 0.233. The van der Waals surface area contributed by atoms with E-state index in [-0.39, 0.29) is 6.04 Å². The van der Waals surface area contributed by atoms with Gasteiger partial charge in [-0.1, -0.05) is 30.3 Å². The second kappa shape index (κ2) is 7.53. The number of benzene rings is 2. The standard InChI is InChI=1S/C18H23NOS/c1-13(15-9-11-16(21-4)12-10-15)19-14(2)17-7-5-6-8-18(17)20-3/h5-14,19H,1-4H3. The molecule has 0 aliphatic rings. The highest BCUT2D eigenvalue weighted by Gasteiger charge is 2.14. The third kappa shape index (κ3) is 4.02. The molecule has 0 fully saturated rings. The summed E-state index contributed by atoms with van der Waals surface area (Å²) in [5, 5.41) is 3.64. The number of thioether (sulfide) groups is 1. The molecule has 0 aromatic heterocycles. The third-order valence-corrected chi connectivity index (χ3v) is 4.46. The van der Waals surface area contributed by atoms with Gasteiger partial charge in [0.1, 0.15) is 5.75 Å². The minimum Gasteiger partial charge on any atom is -0.496 e. The lowest BCUT2D eigenvalue weighted by Gasteiger charge is -2.22. The zero-order valence-electron chi connectivity index (χ0n) is 13.1. The van der Waals surface area contributed by atoms with Crippen LogP contribution in [0.1, 0.15) is 37.1 Å². The Kier molecular flexibility index (Phi) is 5.71. The lowest BCUT2D eigenvalue weighted by Crippen LogP contribution is -2.22. The van der Waals surface area contributed by atoms with Crippen molar-refractivity contribution >= 4 is 11.8 Å². The Hall–Kier alpha value is -1.45. The highest BCUT2D eigenvalue weighted by Crippen LogP contribution is 2.27. The van der Waals surface area contributed by atoms with Crippen LogP contribution in [0.25, 0.3) is 0 Å². The van der Waals surface area contributed by atoms with Gasteiger partial charge in [0.2, 0.25) is 0 Å². The van der Waals surface area contributed by atoms with E-state index in [0.29, 0.717) is 6.04 Å². The second-order valence-corrected chi connectivity index (χ2v) is 6.00. The number of rotatable bonds is 6. The second-order valence-electron chi connectivity index (χ2n) is 5.13. The van der Waals surface area contributed by atoms with Crippen molar-refractivity contribution < 1.29 is 4.74 Å². The van der Waals surface area contributed by atoms with E-state index in [4.69, 9.17) is 4.74 Å². The van der Waals surface area contributed by atoms with Crippen molar-refractivity contribution in [2.75, 3.05) is 13.4 Å². The molecule has 21 heavy (non-hydrogen) atoms. The SMILES string of the molecule is COc1ccccc1C(C)NC(C)c1ccc(SC)cc1. The number of ether oxygens (including phenoxy) is 1. The molecule has 0 spiro atoms. The maximum Gasteiger partial charge on any atom is 0.123 e. The van der Waals surface area contributed by atoms with E-state index < -0.39 is 0 Å². The highest BCUT2D eigenvalue weighted by molar-refractivity contribution is 7.98. The van der Waals surface area contributed by atoms with Crippen LogP contribution in [-0.2, 0) is 0 Å². The Morgan fingerprint density at radius 1 is 0.952 bits per heavy atom. The van der Waals surface area contributed by atoms with Crippen LogP contribution in [0.4, 0.5) is 0 Å². The highest BCUT2D eigenvalue weighted by atomic mass is 32.2. The molecule has 2 rings (SSSR count). The molecule has 2 aromatic rings. The number of para-hydroxylation sites is 1. The van der Waals surface area contributed by atoms with Gasteiger partial charge in [0, 0.05) is 22.5 Å². The summed E-state index contributed by atoms with van der Waals surface area (Å²) in [5.41, 5.74) is 2.49. The normalized spacial score (nSPS) is 13.7. The molecule has 0 amide bonds. The van der Waals surface area contributed by atoms with Crippen LogP contribution in [0.15, 0.2) is 53.4 Å². The molecular weight excluding hydrogens is 278 g/mol. The summed E-state index contributed by atoms with van der Waals surface area (Å²) >= 11 is 1.77. The summed E-state index contributed by atoms with van der Waals surface area (Å²) in [6.45, 7) is 4.37. The summed E-state index contributed by atoms with van der Waals surface area (Å²) < 4.78 is 5.44. The minimum absolute atomic E-state index is 0.233. The largest absolute Gasteiger partial charge is 0.496 e. The molecule has 0 saturated heterocycles. The van der Waals surface area contributed by atoms with Gasteiger partial charge in [0.25, 0.3) is 0 Å². The third-order valence-electron chi connectivity index (χ3n) is 3.72. The van der Waals surface area contributed by atoms with Gasteiger partial charge in [0.15, 0.2) is 0 Å². The average Bonchev–Trinajstić information content (AvgIpc) is 2.54. The maximum atomic E-state index is 5.44. The summed E-state index contributed by atoms with van der Waals surface area (Å²) in [6, 6.07) is 17.4. The number of nitrogens with one attached hydrogen (secondary N) is 1. The first-order valence-corrected chi connectivity index (χ1v) is 8.41. The average molecular weight is 301 g/mol. The molecule has 2 aromatic carbocycles. The Bertz CT molecular complexity index is 568. The molecule has 1 N–H and O–H groups in total. The summed E-state index contributed by atoms with van der Waals surface area (Å²) in [4.78, 5) is 1.30. The van der Waals surface area contributed by atoms with E-state index in [2.05, 4.69) is 55.8 Å². The fourth-order valence-electron chi connectivity index (χ4n) is 2.48. The van der Waals surface area contributed by atoms with Gasteiger partial charge in [0.05, 0.1) is 7.11 Å². The first-order valence-electron chi connectivity index (χ1n) is 7.18. The molecule has 2 nitrogen and oxygen atoms in total. The van der Waals surface area contributed by atoms with Gasteiger partial charge < -0.3 is 10.1 Å². The van der Waals surface area contributed by atoms with Crippen LogP contribution in [0.3, 0.4) is 0 Å². The monoisotopic (exact) mass is 301 g/mol. The van der Waals surface area contributed by atoms with Crippen LogP contribution in [0.5, 0.6) is 5.75 Å². The van der Waals surface area contributed by atoms with Crippen molar-refractivity contribution in [3.8, 4) is 5.75 Å². The summed E-state index contributed by atoms with van der Waals surface area (Å²) in [7, 11) is 1.72. The number of hydrogen-bond acceptors (Lipinski definition) is 3. The summed E-state index contributed by atoms with van der Waals surface area (Å²) in [5.74, 6) is 0.933. The van der Waals surface area contributed by atoms with E-state index in [1.807, 2.05) is 18.2 Å². The molecule has 0 aliphatic carbocycles. The Morgan fingerprint density at radius 2 is 1.62 bits per heavy atom. The zero-order valence-corrected chi connectivity index (χ0v) is 13.9. The Morgan fingerprint density at radius 3 is 2.24 bits per heavy atom. The fraction of sp³-hybridized carbons (Fsp3) is 0.333. The van der Waals surface area contributed by atoms with Gasteiger partial charge >= 0.3 is 0 Å². The van der Waals surface area contributed by atoms with Crippen molar-refractivity contribution in [3.05, 3.63) is 59.7 Å². The lowest BCUT2D eigenvalue weighted by molar-refractivity contribution is 0.396. The number of hydrogen-bond donors (Lipinski definition) is 1. The van der Waals surface area contributed by atoms with Gasteiger partial charge in [-0.3, -0.25) is 0 Å². The van der Waals surface area contributed by atoms with E-state index in [0.717, 1.165) is 5.75 Å². The van der Waals surface area contributed by atoms with E-state index in [1.165, 1.54) is 16.0 Å². The smallest absolute Gasteiger partial charge is 0.123 e. The van der Waals surface area contributed by atoms with Crippen molar-refractivity contribution in [2.45, 2.75) is 30.8 Å². The molecule has 2 unspecified atom stereocenters. The van der Waals surface area contributed by atoms with Crippen LogP contribution in [0, 0.1) is 0 Å². The van der Waals surface area contributed by atoms with Crippen molar-refractivity contribution in [2.24, 2.45) is 0 Å². The van der Waals surface area contributed by atoms with E-state index in [1.54, 1.807) is 18.9 Å². The van der Waals surface area contributed by atoms with Crippen LogP contribution in [-0.4, -0.2) is 13.4 Å².